The second kappa shape index (κ2) is 7.72. The molecule has 0 N–H and O–H groups in total. The molecule has 0 saturated carbocycles. The fraction of sp³-hybridized carbons (Fsp3) is 0.381. The Morgan fingerprint density at radius 1 is 1.00 bits per heavy atom. The molecule has 1 saturated heterocycles. The van der Waals surface area contributed by atoms with Crippen molar-refractivity contribution in [2.45, 2.75) is 11.4 Å². The number of hydrogen-bond acceptors (Lipinski definition) is 4. The first kappa shape index (κ1) is 17.4. The van der Waals surface area contributed by atoms with Crippen LogP contribution >= 0.6 is 11.8 Å². The van der Waals surface area contributed by atoms with Crippen LogP contribution in [0.5, 0.6) is 0 Å². The van der Waals surface area contributed by atoms with Crippen LogP contribution in [-0.2, 0) is 6.54 Å². The van der Waals surface area contributed by atoms with Gasteiger partial charge < -0.3 is 14.7 Å². The Kier molecular flexibility index (Phi) is 5.18. The van der Waals surface area contributed by atoms with Gasteiger partial charge in [0.05, 0.1) is 5.69 Å². The van der Waals surface area contributed by atoms with Crippen LogP contribution in [0.25, 0.3) is 0 Å². The van der Waals surface area contributed by atoms with E-state index in [9.17, 15) is 4.79 Å². The summed E-state index contributed by atoms with van der Waals surface area (Å²) < 4.78 is 0. The number of thioether (sulfide) groups is 1. The van der Waals surface area contributed by atoms with Gasteiger partial charge in [-0.15, -0.1) is 11.8 Å². The Morgan fingerprint density at radius 3 is 2.54 bits per heavy atom. The molecule has 2 aliphatic heterocycles. The monoisotopic (exact) mass is 367 g/mol. The molecule has 2 aromatic carbocycles. The van der Waals surface area contributed by atoms with Crippen LogP contribution in [0.1, 0.15) is 15.9 Å². The van der Waals surface area contributed by atoms with Crippen LogP contribution in [-0.4, -0.2) is 61.2 Å². The molecule has 1 fully saturated rings. The van der Waals surface area contributed by atoms with Gasteiger partial charge in [-0.1, -0.05) is 30.3 Å². The third-order valence-corrected chi connectivity index (χ3v) is 6.22. The Balaban J connectivity index is 1.56. The lowest BCUT2D eigenvalue weighted by atomic mass is 10.1. The zero-order chi connectivity index (χ0) is 17.9. The summed E-state index contributed by atoms with van der Waals surface area (Å²) in [5.74, 6) is 1.25. The fourth-order valence-electron chi connectivity index (χ4n) is 3.57. The van der Waals surface area contributed by atoms with Crippen LogP contribution < -0.4 is 4.90 Å². The van der Waals surface area contributed by atoms with Gasteiger partial charge in [0.2, 0.25) is 0 Å². The lowest BCUT2D eigenvalue weighted by Crippen LogP contribution is -2.47. The predicted octanol–water partition coefficient (Wildman–Crippen LogP) is 3.19. The van der Waals surface area contributed by atoms with Crippen molar-refractivity contribution in [1.82, 2.24) is 9.80 Å². The zero-order valence-electron chi connectivity index (χ0n) is 15.2. The van der Waals surface area contributed by atoms with E-state index in [1.807, 2.05) is 22.7 Å². The molecule has 0 atom stereocenters. The lowest BCUT2D eigenvalue weighted by molar-refractivity contribution is 0.0664. The van der Waals surface area contributed by atoms with Crippen LogP contribution in [0.4, 0.5) is 5.69 Å². The van der Waals surface area contributed by atoms with Gasteiger partial charge in [-0.2, -0.15) is 0 Å². The number of rotatable bonds is 3. The highest BCUT2D eigenvalue weighted by atomic mass is 32.2. The van der Waals surface area contributed by atoms with Crippen molar-refractivity contribution >= 4 is 23.4 Å². The van der Waals surface area contributed by atoms with Gasteiger partial charge in [-0.25, -0.2) is 0 Å². The van der Waals surface area contributed by atoms with E-state index in [1.54, 1.807) is 0 Å². The van der Waals surface area contributed by atoms with Gasteiger partial charge >= 0.3 is 0 Å². The first-order valence-corrected chi connectivity index (χ1v) is 10.2. The van der Waals surface area contributed by atoms with Crippen LogP contribution in [0.15, 0.2) is 53.4 Å². The molecule has 2 heterocycles. The predicted molar refractivity (Wildman–Crippen MR) is 108 cm³/mol. The molecule has 0 spiro atoms. The second-order valence-electron chi connectivity index (χ2n) is 7.03. The van der Waals surface area contributed by atoms with E-state index in [0.717, 1.165) is 50.6 Å². The summed E-state index contributed by atoms with van der Waals surface area (Å²) in [6.45, 7) is 5.43. The smallest absolute Gasteiger partial charge is 0.254 e. The molecule has 2 aliphatic rings. The summed E-state index contributed by atoms with van der Waals surface area (Å²) >= 11 is 1.89. The maximum atomic E-state index is 12.9. The molecule has 2 aromatic rings. The third-order valence-electron chi connectivity index (χ3n) is 5.17. The van der Waals surface area contributed by atoms with Crippen molar-refractivity contribution < 1.29 is 4.79 Å². The molecule has 136 valence electrons. The molecule has 0 unspecified atom stereocenters. The Bertz CT molecular complexity index is 772. The summed E-state index contributed by atoms with van der Waals surface area (Å²) in [7, 11) is 2.11. The van der Waals surface area contributed by atoms with E-state index < -0.39 is 0 Å². The number of nitrogens with zero attached hydrogens (tertiary/aromatic N) is 3. The maximum absolute atomic E-state index is 12.9. The van der Waals surface area contributed by atoms with E-state index in [-0.39, 0.29) is 5.91 Å². The minimum atomic E-state index is 0.163. The van der Waals surface area contributed by atoms with Gasteiger partial charge in [0.1, 0.15) is 0 Å². The molecule has 4 rings (SSSR count). The number of piperazine rings is 1. The van der Waals surface area contributed by atoms with Crippen molar-refractivity contribution in [3.05, 3.63) is 59.7 Å². The van der Waals surface area contributed by atoms with Crippen molar-refractivity contribution in [1.29, 1.82) is 0 Å². The number of fused-ring (bicyclic) bond motifs is 1. The van der Waals surface area contributed by atoms with Gasteiger partial charge in [0.25, 0.3) is 5.91 Å². The zero-order valence-corrected chi connectivity index (χ0v) is 16.0. The highest BCUT2D eigenvalue weighted by molar-refractivity contribution is 7.99. The summed E-state index contributed by atoms with van der Waals surface area (Å²) in [6.07, 6.45) is 0. The van der Waals surface area contributed by atoms with E-state index in [1.165, 1.54) is 16.1 Å². The third kappa shape index (κ3) is 3.74. The minimum absolute atomic E-state index is 0.163. The maximum Gasteiger partial charge on any atom is 0.254 e. The summed E-state index contributed by atoms with van der Waals surface area (Å²) in [4.78, 5) is 20.9. The highest BCUT2D eigenvalue weighted by Crippen LogP contribution is 2.36. The standard InChI is InChI=1S/C21H25N3OS/c1-22-9-11-23(12-10-22)21(25)18-7-8-20-19(15-18)24(13-14-26-20)16-17-5-3-2-4-6-17/h2-8,15H,9-14,16H2,1H3. The van der Waals surface area contributed by atoms with Crippen molar-refractivity contribution in [2.24, 2.45) is 0 Å². The molecule has 0 aliphatic carbocycles. The van der Waals surface area contributed by atoms with Crippen molar-refractivity contribution in [2.75, 3.05) is 50.4 Å². The Morgan fingerprint density at radius 2 is 1.77 bits per heavy atom. The van der Waals surface area contributed by atoms with Crippen molar-refractivity contribution in [3.63, 3.8) is 0 Å². The fourth-order valence-corrected chi connectivity index (χ4v) is 4.60. The average molecular weight is 368 g/mol. The first-order valence-electron chi connectivity index (χ1n) is 9.24. The number of anilines is 1. The van der Waals surface area contributed by atoms with Crippen molar-refractivity contribution in [3.8, 4) is 0 Å². The van der Waals surface area contributed by atoms with Gasteiger partial charge in [0, 0.05) is 55.5 Å². The van der Waals surface area contributed by atoms with Gasteiger partial charge in [0.15, 0.2) is 0 Å². The summed E-state index contributed by atoms with van der Waals surface area (Å²) in [6, 6.07) is 16.8. The Labute approximate surface area is 159 Å². The molecular weight excluding hydrogens is 342 g/mol. The quantitative estimate of drug-likeness (QED) is 0.832. The molecule has 0 aromatic heterocycles. The van der Waals surface area contributed by atoms with Gasteiger partial charge in [-0.3, -0.25) is 4.79 Å². The van der Waals surface area contributed by atoms with Crippen LogP contribution in [0.3, 0.4) is 0 Å². The molecule has 0 radical (unpaired) electrons. The average Bonchev–Trinajstić information content (AvgIpc) is 2.69. The molecule has 5 heteroatoms. The highest BCUT2D eigenvalue weighted by Gasteiger charge is 2.23. The molecule has 4 nitrogen and oxygen atoms in total. The number of carbonyl (C=O) groups is 1. The number of likely N-dealkylation sites (N-methyl/N-ethyl adjacent to an activating group) is 1. The number of carbonyl (C=O) groups excluding carboxylic acids is 1. The first-order chi connectivity index (χ1) is 12.7. The summed E-state index contributed by atoms with van der Waals surface area (Å²) in [5, 5.41) is 0. The largest absolute Gasteiger partial charge is 0.365 e. The summed E-state index contributed by atoms with van der Waals surface area (Å²) in [5.41, 5.74) is 3.32. The number of hydrogen-bond donors (Lipinski definition) is 0. The number of benzene rings is 2. The lowest BCUT2D eigenvalue weighted by Gasteiger charge is -2.34. The normalized spacial score (nSPS) is 17.9. The van der Waals surface area contributed by atoms with Crippen LogP contribution in [0, 0.1) is 0 Å². The molecular formula is C21H25N3OS. The SMILES string of the molecule is CN1CCN(C(=O)c2ccc3c(c2)N(Cc2ccccc2)CCS3)CC1. The molecule has 26 heavy (non-hydrogen) atoms. The van der Waals surface area contributed by atoms with Crippen LogP contribution in [0.2, 0.25) is 0 Å². The van der Waals surface area contributed by atoms with E-state index >= 15 is 0 Å². The second-order valence-corrected chi connectivity index (χ2v) is 8.17. The molecule has 1 amide bonds. The number of amides is 1. The topological polar surface area (TPSA) is 26.8 Å². The van der Waals surface area contributed by atoms with E-state index in [2.05, 4.69) is 59.3 Å². The molecule has 0 bridgehead atoms. The van der Waals surface area contributed by atoms with E-state index in [0.29, 0.717) is 0 Å². The van der Waals surface area contributed by atoms with Gasteiger partial charge in [-0.05, 0) is 30.8 Å². The minimum Gasteiger partial charge on any atom is -0.365 e. The Hall–Kier alpha value is -1.98. The van der Waals surface area contributed by atoms with E-state index in [4.69, 9.17) is 0 Å².